The van der Waals surface area contributed by atoms with Crippen molar-refractivity contribution >= 4 is 11.6 Å². The van der Waals surface area contributed by atoms with E-state index in [0.29, 0.717) is 5.38 Å². The van der Waals surface area contributed by atoms with E-state index < -0.39 is 0 Å². The Morgan fingerprint density at radius 2 is 2.13 bits per heavy atom. The van der Waals surface area contributed by atoms with Crippen LogP contribution in [0.3, 0.4) is 0 Å². The molecule has 0 spiro atoms. The summed E-state index contributed by atoms with van der Waals surface area (Å²) in [6.45, 7) is 3.39. The average Bonchev–Trinajstić information content (AvgIpc) is 2.30. The number of aromatic nitrogens is 1. The fourth-order valence-electron chi connectivity index (χ4n) is 1.94. The van der Waals surface area contributed by atoms with E-state index in [0.717, 1.165) is 38.9 Å². The van der Waals surface area contributed by atoms with E-state index in [2.05, 4.69) is 16.0 Å². The molecule has 0 saturated carbocycles. The molecule has 1 fully saturated rings. The van der Waals surface area contributed by atoms with Gasteiger partial charge in [0.2, 0.25) is 0 Å². The molecule has 0 aliphatic carbocycles. The molecule has 82 valence electrons. The Labute approximate surface area is 96.3 Å². The zero-order valence-electron chi connectivity index (χ0n) is 8.90. The van der Waals surface area contributed by atoms with Gasteiger partial charge in [-0.2, -0.15) is 0 Å². The number of hydrogen-bond donors (Lipinski definition) is 0. The van der Waals surface area contributed by atoms with Crippen LogP contribution in [0.5, 0.6) is 0 Å². The SMILES string of the molecule is ClC1CCN(CCc2ccccn2)CC1. The van der Waals surface area contributed by atoms with E-state index in [4.69, 9.17) is 11.6 Å². The van der Waals surface area contributed by atoms with Crippen LogP contribution in [0, 0.1) is 0 Å². The van der Waals surface area contributed by atoms with Crippen LogP contribution in [0.15, 0.2) is 24.4 Å². The predicted octanol–water partition coefficient (Wildman–Crippen LogP) is 2.33. The van der Waals surface area contributed by atoms with E-state index in [1.165, 1.54) is 5.69 Å². The van der Waals surface area contributed by atoms with Crippen molar-refractivity contribution < 1.29 is 0 Å². The monoisotopic (exact) mass is 224 g/mol. The number of rotatable bonds is 3. The van der Waals surface area contributed by atoms with Crippen molar-refractivity contribution in [2.45, 2.75) is 24.6 Å². The summed E-state index contributed by atoms with van der Waals surface area (Å²) in [6.07, 6.45) is 5.17. The molecular weight excluding hydrogens is 208 g/mol. The first-order chi connectivity index (χ1) is 7.34. The van der Waals surface area contributed by atoms with Gasteiger partial charge in [-0.15, -0.1) is 11.6 Å². The first-order valence-electron chi connectivity index (χ1n) is 5.61. The zero-order valence-corrected chi connectivity index (χ0v) is 9.66. The van der Waals surface area contributed by atoms with E-state index >= 15 is 0 Å². The minimum absolute atomic E-state index is 0.399. The molecule has 0 unspecified atom stereocenters. The van der Waals surface area contributed by atoms with Gasteiger partial charge in [0, 0.05) is 30.2 Å². The predicted molar refractivity (Wildman–Crippen MR) is 63.3 cm³/mol. The normalized spacial score (nSPS) is 19.3. The van der Waals surface area contributed by atoms with E-state index in [1.807, 2.05) is 18.3 Å². The molecule has 0 amide bonds. The highest BCUT2D eigenvalue weighted by Gasteiger charge is 2.16. The molecule has 0 atom stereocenters. The first kappa shape index (κ1) is 10.9. The molecule has 2 rings (SSSR count). The van der Waals surface area contributed by atoms with Crippen LogP contribution in [-0.4, -0.2) is 34.9 Å². The highest BCUT2D eigenvalue weighted by atomic mass is 35.5. The number of hydrogen-bond acceptors (Lipinski definition) is 2. The lowest BCUT2D eigenvalue weighted by molar-refractivity contribution is 0.233. The smallest absolute Gasteiger partial charge is 0.0416 e. The van der Waals surface area contributed by atoms with Gasteiger partial charge in [-0.05, 0) is 38.1 Å². The summed E-state index contributed by atoms with van der Waals surface area (Å²) in [5.41, 5.74) is 1.19. The van der Waals surface area contributed by atoms with Gasteiger partial charge in [0.1, 0.15) is 0 Å². The molecule has 1 aliphatic heterocycles. The van der Waals surface area contributed by atoms with Crippen LogP contribution >= 0.6 is 11.6 Å². The summed E-state index contributed by atoms with van der Waals surface area (Å²) in [7, 11) is 0. The summed E-state index contributed by atoms with van der Waals surface area (Å²) >= 11 is 6.06. The molecule has 2 heterocycles. The minimum Gasteiger partial charge on any atom is -0.303 e. The number of halogens is 1. The second-order valence-corrected chi connectivity index (χ2v) is 4.70. The zero-order chi connectivity index (χ0) is 10.5. The number of pyridine rings is 1. The molecule has 1 aromatic rings. The van der Waals surface area contributed by atoms with Crippen molar-refractivity contribution in [2.75, 3.05) is 19.6 Å². The molecule has 3 heteroatoms. The number of alkyl halides is 1. The summed E-state index contributed by atoms with van der Waals surface area (Å²) < 4.78 is 0. The third-order valence-electron chi connectivity index (χ3n) is 2.93. The van der Waals surface area contributed by atoms with Gasteiger partial charge in [0.25, 0.3) is 0 Å². The van der Waals surface area contributed by atoms with Crippen LogP contribution in [0.2, 0.25) is 0 Å². The maximum Gasteiger partial charge on any atom is 0.0416 e. The molecule has 2 nitrogen and oxygen atoms in total. The van der Waals surface area contributed by atoms with Crippen LogP contribution in [0.4, 0.5) is 0 Å². The summed E-state index contributed by atoms with van der Waals surface area (Å²) in [4.78, 5) is 6.81. The van der Waals surface area contributed by atoms with E-state index in [1.54, 1.807) is 0 Å². The van der Waals surface area contributed by atoms with Crippen molar-refractivity contribution in [1.29, 1.82) is 0 Å². The van der Waals surface area contributed by atoms with Gasteiger partial charge >= 0.3 is 0 Å². The Morgan fingerprint density at radius 3 is 2.80 bits per heavy atom. The Morgan fingerprint density at radius 1 is 1.33 bits per heavy atom. The summed E-state index contributed by atoms with van der Waals surface area (Å²) in [5, 5.41) is 0.399. The van der Waals surface area contributed by atoms with Crippen LogP contribution in [-0.2, 0) is 6.42 Å². The lowest BCUT2D eigenvalue weighted by Crippen LogP contribution is -2.35. The fraction of sp³-hybridized carbons (Fsp3) is 0.583. The Kier molecular flexibility index (Phi) is 3.98. The number of likely N-dealkylation sites (tertiary alicyclic amines) is 1. The third-order valence-corrected chi connectivity index (χ3v) is 3.36. The Balaban J connectivity index is 1.74. The lowest BCUT2D eigenvalue weighted by atomic mass is 10.1. The molecule has 0 radical (unpaired) electrons. The maximum atomic E-state index is 6.06. The highest BCUT2D eigenvalue weighted by Crippen LogP contribution is 2.15. The average molecular weight is 225 g/mol. The second-order valence-electron chi connectivity index (χ2n) is 4.09. The second kappa shape index (κ2) is 5.47. The van der Waals surface area contributed by atoms with Gasteiger partial charge in [-0.3, -0.25) is 4.98 Å². The van der Waals surface area contributed by atoms with Gasteiger partial charge in [-0.1, -0.05) is 6.07 Å². The molecular formula is C12H17ClN2. The topological polar surface area (TPSA) is 16.1 Å². The molecule has 1 aromatic heterocycles. The van der Waals surface area contributed by atoms with Gasteiger partial charge in [-0.25, -0.2) is 0 Å². The first-order valence-corrected chi connectivity index (χ1v) is 6.04. The molecule has 15 heavy (non-hydrogen) atoms. The lowest BCUT2D eigenvalue weighted by Gasteiger charge is -2.28. The van der Waals surface area contributed by atoms with Crippen LogP contribution in [0.25, 0.3) is 0 Å². The van der Waals surface area contributed by atoms with Crippen LogP contribution < -0.4 is 0 Å². The quantitative estimate of drug-likeness (QED) is 0.733. The molecule has 1 saturated heterocycles. The van der Waals surface area contributed by atoms with E-state index in [9.17, 15) is 0 Å². The standard InChI is InChI=1S/C12H17ClN2/c13-11-4-8-15(9-5-11)10-6-12-3-1-2-7-14-12/h1-3,7,11H,4-6,8-10H2. The molecule has 0 aromatic carbocycles. The number of nitrogens with zero attached hydrogens (tertiary/aromatic N) is 2. The van der Waals surface area contributed by atoms with Crippen molar-refractivity contribution in [2.24, 2.45) is 0 Å². The Hall–Kier alpha value is -0.600. The molecule has 1 aliphatic rings. The fourth-order valence-corrected chi connectivity index (χ4v) is 2.14. The van der Waals surface area contributed by atoms with Crippen molar-refractivity contribution in [3.8, 4) is 0 Å². The highest BCUT2D eigenvalue weighted by molar-refractivity contribution is 6.20. The van der Waals surface area contributed by atoms with E-state index in [-0.39, 0.29) is 0 Å². The van der Waals surface area contributed by atoms with Crippen molar-refractivity contribution in [1.82, 2.24) is 9.88 Å². The third kappa shape index (κ3) is 3.47. The van der Waals surface area contributed by atoms with Crippen molar-refractivity contribution in [3.63, 3.8) is 0 Å². The van der Waals surface area contributed by atoms with Crippen molar-refractivity contribution in [3.05, 3.63) is 30.1 Å². The van der Waals surface area contributed by atoms with Crippen LogP contribution in [0.1, 0.15) is 18.5 Å². The van der Waals surface area contributed by atoms with Gasteiger partial charge in [0.15, 0.2) is 0 Å². The van der Waals surface area contributed by atoms with Gasteiger partial charge < -0.3 is 4.90 Å². The number of piperidine rings is 1. The largest absolute Gasteiger partial charge is 0.303 e. The summed E-state index contributed by atoms with van der Waals surface area (Å²) in [5.74, 6) is 0. The minimum atomic E-state index is 0.399. The summed E-state index contributed by atoms with van der Waals surface area (Å²) in [6, 6.07) is 6.10. The molecule has 0 bridgehead atoms. The Bertz CT molecular complexity index is 281. The maximum absolute atomic E-state index is 6.06. The van der Waals surface area contributed by atoms with Gasteiger partial charge in [0.05, 0.1) is 0 Å². The molecule has 0 N–H and O–H groups in total.